The molecule has 68 valence electrons. The van der Waals surface area contributed by atoms with Gasteiger partial charge < -0.3 is 0 Å². The lowest BCUT2D eigenvalue weighted by atomic mass is 9.75. The molecule has 0 nitrogen and oxygen atoms in total. The van der Waals surface area contributed by atoms with Crippen LogP contribution in [0.25, 0.3) is 0 Å². The van der Waals surface area contributed by atoms with Gasteiger partial charge in [0.15, 0.2) is 0 Å². The third-order valence-electron chi connectivity index (χ3n) is 1.78. The van der Waals surface area contributed by atoms with Crippen LogP contribution in [0.15, 0.2) is 0 Å². The van der Waals surface area contributed by atoms with Crippen LogP contribution < -0.4 is 0 Å². The predicted octanol–water partition coefficient (Wildman–Crippen LogP) is 4.08. The molecule has 0 N–H and O–H groups in total. The van der Waals surface area contributed by atoms with Crippen LogP contribution in [0.5, 0.6) is 0 Å². The van der Waals surface area contributed by atoms with Crippen molar-refractivity contribution in [2.45, 2.75) is 47.5 Å². The highest BCUT2D eigenvalue weighted by molar-refractivity contribution is 6.17. The zero-order valence-electron chi connectivity index (χ0n) is 8.50. The Morgan fingerprint density at radius 3 is 1.73 bits per heavy atom. The summed E-state index contributed by atoms with van der Waals surface area (Å²) in [6.07, 6.45) is 2.36. The fourth-order valence-electron chi connectivity index (χ4n) is 1.78. The van der Waals surface area contributed by atoms with Crippen LogP contribution in [0.1, 0.15) is 47.5 Å². The molecule has 0 aliphatic rings. The summed E-state index contributed by atoms with van der Waals surface area (Å²) < 4.78 is 0. The molecule has 0 aromatic rings. The number of hydrogen-bond acceptors (Lipinski definition) is 0. The van der Waals surface area contributed by atoms with Gasteiger partial charge in [-0.25, -0.2) is 0 Å². The van der Waals surface area contributed by atoms with E-state index in [0.29, 0.717) is 10.8 Å². The summed E-state index contributed by atoms with van der Waals surface area (Å²) in [4.78, 5) is 0. The first-order valence-electron chi connectivity index (χ1n) is 4.33. The smallest absolute Gasteiger partial charge is 0.0228 e. The van der Waals surface area contributed by atoms with Gasteiger partial charge in [0.25, 0.3) is 0 Å². The topological polar surface area (TPSA) is 0 Å². The fraction of sp³-hybridized carbons (Fsp3) is 1.00. The molecule has 0 saturated heterocycles. The van der Waals surface area contributed by atoms with Crippen LogP contribution >= 0.6 is 11.6 Å². The molecule has 0 bridgehead atoms. The SMILES string of the molecule is CC(C)(C)CC(C)(C)CCCl. The number of alkyl halides is 1. The van der Waals surface area contributed by atoms with E-state index in [1.165, 1.54) is 6.42 Å². The molecule has 0 heterocycles. The number of hydrogen-bond donors (Lipinski definition) is 0. The average Bonchev–Trinajstić information content (AvgIpc) is 1.55. The van der Waals surface area contributed by atoms with Gasteiger partial charge in [0.2, 0.25) is 0 Å². The van der Waals surface area contributed by atoms with E-state index >= 15 is 0 Å². The second-order valence-corrected chi connectivity index (χ2v) is 5.72. The van der Waals surface area contributed by atoms with Crippen molar-refractivity contribution in [3.05, 3.63) is 0 Å². The van der Waals surface area contributed by atoms with Gasteiger partial charge in [-0.15, -0.1) is 11.6 Å². The van der Waals surface area contributed by atoms with E-state index in [1.54, 1.807) is 0 Å². The summed E-state index contributed by atoms with van der Waals surface area (Å²) in [5, 5.41) is 0. The minimum absolute atomic E-state index is 0.403. The first kappa shape index (κ1) is 11.3. The Hall–Kier alpha value is 0.290. The molecule has 0 rings (SSSR count). The summed E-state index contributed by atoms with van der Waals surface area (Å²) in [6, 6.07) is 0. The zero-order chi connectivity index (χ0) is 9.12. The highest BCUT2D eigenvalue weighted by atomic mass is 35.5. The summed E-state index contributed by atoms with van der Waals surface area (Å²) in [6.45, 7) is 11.4. The minimum atomic E-state index is 0.403. The minimum Gasteiger partial charge on any atom is -0.127 e. The largest absolute Gasteiger partial charge is 0.127 e. The maximum absolute atomic E-state index is 5.71. The van der Waals surface area contributed by atoms with Crippen molar-refractivity contribution in [2.75, 3.05) is 5.88 Å². The molecule has 0 aromatic carbocycles. The van der Waals surface area contributed by atoms with Gasteiger partial charge in [-0.1, -0.05) is 34.6 Å². The third-order valence-corrected chi connectivity index (χ3v) is 1.97. The second-order valence-electron chi connectivity index (χ2n) is 5.34. The molecular weight excluding hydrogens is 156 g/mol. The van der Waals surface area contributed by atoms with Gasteiger partial charge >= 0.3 is 0 Å². The molecular formula is C10H21Cl. The van der Waals surface area contributed by atoms with Crippen LogP contribution in [-0.4, -0.2) is 5.88 Å². The average molecular weight is 177 g/mol. The lowest BCUT2D eigenvalue weighted by Crippen LogP contribution is -2.20. The summed E-state index contributed by atoms with van der Waals surface area (Å²) in [7, 11) is 0. The lowest BCUT2D eigenvalue weighted by Gasteiger charge is -2.31. The normalized spacial score (nSPS) is 13.6. The Morgan fingerprint density at radius 1 is 1.00 bits per heavy atom. The van der Waals surface area contributed by atoms with E-state index in [9.17, 15) is 0 Å². The van der Waals surface area contributed by atoms with E-state index in [4.69, 9.17) is 11.6 Å². The fourth-order valence-corrected chi connectivity index (χ4v) is 2.29. The van der Waals surface area contributed by atoms with Gasteiger partial charge in [0, 0.05) is 5.88 Å². The molecule has 0 aliphatic heterocycles. The predicted molar refractivity (Wildman–Crippen MR) is 53.2 cm³/mol. The maximum Gasteiger partial charge on any atom is 0.0228 e. The first-order valence-corrected chi connectivity index (χ1v) is 4.86. The van der Waals surface area contributed by atoms with E-state index < -0.39 is 0 Å². The van der Waals surface area contributed by atoms with Crippen molar-refractivity contribution >= 4 is 11.6 Å². The van der Waals surface area contributed by atoms with Crippen molar-refractivity contribution in [1.82, 2.24) is 0 Å². The van der Waals surface area contributed by atoms with Crippen LogP contribution in [0.2, 0.25) is 0 Å². The monoisotopic (exact) mass is 176 g/mol. The molecule has 0 amide bonds. The van der Waals surface area contributed by atoms with Crippen molar-refractivity contribution in [2.24, 2.45) is 10.8 Å². The highest BCUT2D eigenvalue weighted by Gasteiger charge is 2.24. The quantitative estimate of drug-likeness (QED) is 0.569. The van der Waals surface area contributed by atoms with Gasteiger partial charge in [-0.3, -0.25) is 0 Å². The lowest BCUT2D eigenvalue weighted by molar-refractivity contribution is 0.207. The van der Waals surface area contributed by atoms with Gasteiger partial charge in [0.05, 0.1) is 0 Å². The van der Waals surface area contributed by atoms with E-state index in [-0.39, 0.29) is 0 Å². The molecule has 11 heavy (non-hydrogen) atoms. The third kappa shape index (κ3) is 6.68. The van der Waals surface area contributed by atoms with Gasteiger partial charge in [-0.2, -0.15) is 0 Å². The maximum atomic E-state index is 5.71. The molecule has 0 saturated carbocycles. The van der Waals surface area contributed by atoms with E-state index in [0.717, 1.165) is 12.3 Å². The van der Waals surface area contributed by atoms with Crippen molar-refractivity contribution in [3.63, 3.8) is 0 Å². The van der Waals surface area contributed by atoms with Gasteiger partial charge in [0.1, 0.15) is 0 Å². The van der Waals surface area contributed by atoms with Crippen molar-refractivity contribution < 1.29 is 0 Å². The molecule has 0 radical (unpaired) electrons. The van der Waals surface area contributed by atoms with Crippen LogP contribution in [0.4, 0.5) is 0 Å². The second kappa shape index (κ2) is 3.80. The zero-order valence-corrected chi connectivity index (χ0v) is 9.26. The Labute approximate surface area is 76.3 Å². The van der Waals surface area contributed by atoms with E-state index in [1.807, 2.05) is 0 Å². The molecule has 0 aromatic heterocycles. The summed E-state index contributed by atoms with van der Waals surface area (Å²) >= 11 is 5.71. The Morgan fingerprint density at radius 2 is 1.45 bits per heavy atom. The Bertz CT molecular complexity index is 109. The van der Waals surface area contributed by atoms with Crippen molar-refractivity contribution in [1.29, 1.82) is 0 Å². The van der Waals surface area contributed by atoms with E-state index in [2.05, 4.69) is 34.6 Å². The molecule has 0 atom stereocenters. The van der Waals surface area contributed by atoms with Crippen LogP contribution in [0.3, 0.4) is 0 Å². The van der Waals surface area contributed by atoms with Crippen molar-refractivity contribution in [3.8, 4) is 0 Å². The molecule has 1 heteroatoms. The molecule has 0 unspecified atom stereocenters. The van der Waals surface area contributed by atoms with Crippen LogP contribution in [0, 0.1) is 10.8 Å². The summed E-state index contributed by atoms with van der Waals surface area (Å²) in [5.41, 5.74) is 0.829. The summed E-state index contributed by atoms with van der Waals surface area (Å²) in [5.74, 6) is 0.781. The Balaban J connectivity index is 3.91. The Kier molecular flexibility index (Phi) is 3.90. The van der Waals surface area contributed by atoms with Gasteiger partial charge in [-0.05, 0) is 23.7 Å². The highest BCUT2D eigenvalue weighted by Crippen LogP contribution is 2.35. The molecule has 0 fully saturated rings. The molecule has 0 spiro atoms. The first-order chi connectivity index (χ1) is 4.77. The number of halogens is 1. The van der Waals surface area contributed by atoms with Crippen LogP contribution in [-0.2, 0) is 0 Å². The number of rotatable bonds is 3. The standard InChI is InChI=1S/C10H21Cl/c1-9(2,3)8-10(4,5)6-7-11/h6-8H2,1-5H3. The molecule has 0 aliphatic carbocycles.